The van der Waals surface area contributed by atoms with Gasteiger partial charge in [0.25, 0.3) is 5.91 Å². The van der Waals surface area contributed by atoms with Gasteiger partial charge in [0.2, 0.25) is 0 Å². The molecule has 6 heteroatoms. The van der Waals surface area contributed by atoms with E-state index < -0.39 is 6.03 Å². The molecule has 0 aromatic heterocycles. The van der Waals surface area contributed by atoms with E-state index >= 15 is 0 Å². The summed E-state index contributed by atoms with van der Waals surface area (Å²) in [4.78, 5) is 22.4. The fraction of sp³-hybridized carbons (Fsp3) is 0.143. The van der Waals surface area contributed by atoms with Gasteiger partial charge in [0.05, 0.1) is 0 Å². The minimum atomic E-state index is -0.601. The van der Waals surface area contributed by atoms with Crippen molar-refractivity contribution < 1.29 is 9.59 Å². The average Bonchev–Trinajstić information content (AvgIpc) is 2.42. The Labute approximate surface area is 124 Å². The molecule has 5 nitrogen and oxygen atoms in total. The summed E-state index contributed by atoms with van der Waals surface area (Å²) in [5, 5.41) is 7.18. The van der Waals surface area contributed by atoms with Crippen LogP contribution in [0.4, 0.5) is 4.79 Å². The van der Waals surface area contributed by atoms with Gasteiger partial charge in [0.1, 0.15) is 0 Å². The lowest BCUT2D eigenvalue weighted by atomic mass is 10.1. The largest absolute Gasteiger partial charge is 0.352 e. The summed E-state index contributed by atoms with van der Waals surface area (Å²) in [5.74, 6) is -0.180. The molecule has 0 aliphatic heterocycles. The first-order valence-corrected chi connectivity index (χ1v) is 6.86. The van der Waals surface area contributed by atoms with Crippen LogP contribution in [0.3, 0.4) is 0 Å². The highest BCUT2D eigenvalue weighted by Gasteiger charge is 2.06. The second-order valence-corrected chi connectivity index (χ2v) is 5.17. The molecule has 0 unspecified atom stereocenters. The van der Waals surface area contributed by atoms with Gasteiger partial charge in [-0.1, -0.05) is 28.1 Å². The van der Waals surface area contributed by atoms with Crippen molar-refractivity contribution in [1.82, 2.24) is 10.6 Å². The number of rotatable bonds is 4. The van der Waals surface area contributed by atoms with Gasteiger partial charge in [-0.2, -0.15) is 0 Å². The van der Waals surface area contributed by atoms with Gasteiger partial charge in [-0.05, 0) is 35.0 Å². The monoisotopic (exact) mass is 335 g/mol. The average molecular weight is 336 g/mol. The Morgan fingerprint density at radius 2 is 1.65 bits per heavy atom. The topological polar surface area (TPSA) is 84.2 Å². The molecule has 0 atom stereocenters. The molecule has 0 bridgehead atoms. The van der Waals surface area contributed by atoms with Crippen molar-refractivity contribution in [1.29, 1.82) is 0 Å². The Morgan fingerprint density at radius 1 is 1.00 bits per heavy atom. The van der Waals surface area contributed by atoms with Crippen LogP contribution < -0.4 is 16.4 Å². The molecule has 20 heavy (non-hydrogen) atoms. The Hall–Kier alpha value is -2.08. The predicted octanol–water partition coefficient (Wildman–Crippen LogP) is 2.00. The Balaban J connectivity index is 2.03. The fourth-order valence-electron chi connectivity index (χ4n) is 1.82. The number of hydrogen-bond donors (Lipinski definition) is 3. The van der Waals surface area contributed by atoms with Crippen LogP contribution in [0.25, 0.3) is 10.8 Å². The summed E-state index contributed by atoms with van der Waals surface area (Å²) in [5.41, 5.74) is 5.51. The van der Waals surface area contributed by atoms with E-state index in [1.54, 1.807) is 6.07 Å². The lowest BCUT2D eigenvalue weighted by Gasteiger charge is -2.07. The predicted molar refractivity (Wildman–Crippen MR) is 81.6 cm³/mol. The van der Waals surface area contributed by atoms with Gasteiger partial charge >= 0.3 is 6.03 Å². The van der Waals surface area contributed by atoms with Crippen molar-refractivity contribution in [3.8, 4) is 0 Å². The van der Waals surface area contributed by atoms with E-state index in [4.69, 9.17) is 5.73 Å². The number of carbonyl (C=O) groups is 2. The normalized spacial score (nSPS) is 10.2. The maximum atomic E-state index is 11.9. The number of amides is 3. The van der Waals surface area contributed by atoms with Gasteiger partial charge in [-0.3, -0.25) is 4.79 Å². The van der Waals surface area contributed by atoms with Gasteiger partial charge < -0.3 is 16.4 Å². The minimum Gasteiger partial charge on any atom is -0.352 e. The molecule has 2 aromatic rings. The standard InChI is InChI=1S/C14H14BrN3O2/c15-12-4-3-9-7-11(2-1-10(9)8-12)13(19)17-5-6-18-14(16)20/h1-4,7-8H,5-6H2,(H,17,19)(H3,16,18,20). The lowest BCUT2D eigenvalue weighted by molar-refractivity contribution is 0.0954. The van der Waals surface area contributed by atoms with Crippen LogP contribution in [0.1, 0.15) is 10.4 Å². The fourth-order valence-corrected chi connectivity index (χ4v) is 2.20. The maximum absolute atomic E-state index is 11.9. The highest BCUT2D eigenvalue weighted by Crippen LogP contribution is 2.20. The quantitative estimate of drug-likeness (QED) is 0.746. The molecule has 3 amide bonds. The highest BCUT2D eigenvalue weighted by atomic mass is 79.9. The molecule has 0 aliphatic carbocycles. The third kappa shape index (κ3) is 3.71. The third-order valence-corrected chi connectivity index (χ3v) is 3.27. The summed E-state index contributed by atoms with van der Waals surface area (Å²) in [6.07, 6.45) is 0. The molecule has 0 aliphatic rings. The summed E-state index contributed by atoms with van der Waals surface area (Å²) in [7, 11) is 0. The van der Waals surface area contributed by atoms with Crippen LogP contribution in [-0.2, 0) is 0 Å². The first-order chi connectivity index (χ1) is 9.56. The van der Waals surface area contributed by atoms with Gasteiger partial charge in [-0.25, -0.2) is 4.79 Å². The number of halogens is 1. The van der Waals surface area contributed by atoms with Crippen LogP contribution in [0.2, 0.25) is 0 Å². The second-order valence-electron chi connectivity index (χ2n) is 4.25. The lowest BCUT2D eigenvalue weighted by Crippen LogP contribution is -2.37. The molecule has 104 valence electrons. The number of hydrogen-bond acceptors (Lipinski definition) is 2. The molecule has 2 aromatic carbocycles. The molecule has 4 N–H and O–H groups in total. The molecule has 0 saturated carbocycles. The SMILES string of the molecule is NC(=O)NCCNC(=O)c1ccc2cc(Br)ccc2c1. The van der Waals surface area contributed by atoms with Crippen LogP contribution >= 0.6 is 15.9 Å². The summed E-state index contributed by atoms with van der Waals surface area (Å²) < 4.78 is 1.000. The van der Waals surface area contributed by atoms with Crippen molar-refractivity contribution in [2.75, 3.05) is 13.1 Å². The van der Waals surface area contributed by atoms with Gasteiger partial charge in [-0.15, -0.1) is 0 Å². The van der Waals surface area contributed by atoms with E-state index in [1.165, 1.54) is 0 Å². The van der Waals surface area contributed by atoms with E-state index in [0.717, 1.165) is 15.2 Å². The van der Waals surface area contributed by atoms with Crippen molar-refractivity contribution in [2.45, 2.75) is 0 Å². The first-order valence-electron chi connectivity index (χ1n) is 6.07. The molecular weight excluding hydrogens is 322 g/mol. The van der Waals surface area contributed by atoms with Crippen molar-refractivity contribution in [3.05, 3.63) is 46.4 Å². The zero-order valence-electron chi connectivity index (χ0n) is 10.7. The molecule has 0 radical (unpaired) electrons. The first kappa shape index (κ1) is 14.3. The summed E-state index contributed by atoms with van der Waals surface area (Å²) in [6, 6.07) is 10.8. The molecule has 2 rings (SSSR count). The zero-order valence-corrected chi connectivity index (χ0v) is 12.2. The number of urea groups is 1. The number of nitrogens with two attached hydrogens (primary N) is 1. The van der Waals surface area contributed by atoms with E-state index in [0.29, 0.717) is 18.7 Å². The molecule has 0 heterocycles. The van der Waals surface area contributed by atoms with E-state index in [9.17, 15) is 9.59 Å². The van der Waals surface area contributed by atoms with Gasteiger partial charge in [0.15, 0.2) is 0 Å². The van der Waals surface area contributed by atoms with Gasteiger partial charge in [0, 0.05) is 23.1 Å². The Morgan fingerprint density at radius 3 is 2.40 bits per heavy atom. The number of carbonyl (C=O) groups excluding carboxylic acids is 2. The second kappa shape index (κ2) is 6.38. The molecule has 0 spiro atoms. The van der Waals surface area contributed by atoms with Crippen LogP contribution in [0, 0.1) is 0 Å². The smallest absolute Gasteiger partial charge is 0.312 e. The molecule has 0 saturated heterocycles. The highest BCUT2D eigenvalue weighted by molar-refractivity contribution is 9.10. The summed E-state index contributed by atoms with van der Waals surface area (Å²) in [6.45, 7) is 0.641. The van der Waals surface area contributed by atoms with Crippen LogP contribution in [-0.4, -0.2) is 25.0 Å². The summed E-state index contributed by atoms with van der Waals surface area (Å²) >= 11 is 3.41. The number of primary amides is 1. The zero-order chi connectivity index (χ0) is 14.5. The van der Waals surface area contributed by atoms with E-state index in [1.807, 2.05) is 30.3 Å². The number of nitrogens with one attached hydrogen (secondary N) is 2. The van der Waals surface area contributed by atoms with Crippen molar-refractivity contribution in [2.24, 2.45) is 5.73 Å². The maximum Gasteiger partial charge on any atom is 0.312 e. The Kier molecular flexibility index (Phi) is 4.57. The van der Waals surface area contributed by atoms with Crippen molar-refractivity contribution in [3.63, 3.8) is 0 Å². The van der Waals surface area contributed by atoms with Crippen molar-refractivity contribution >= 4 is 38.6 Å². The number of fused-ring (bicyclic) bond motifs is 1. The van der Waals surface area contributed by atoms with E-state index in [2.05, 4.69) is 26.6 Å². The van der Waals surface area contributed by atoms with Crippen LogP contribution in [0.5, 0.6) is 0 Å². The third-order valence-electron chi connectivity index (χ3n) is 2.77. The number of benzene rings is 2. The Bertz CT molecular complexity index is 658. The van der Waals surface area contributed by atoms with Crippen LogP contribution in [0.15, 0.2) is 40.9 Å². The molecular formula is C14H14BrN3O2. The molecule has 0 fully saturated rings. The minimum absolute atomic E-state index is 0.180. The van der Waals surface area contributed by atoms with E-state index in [-0.39, 0.29) is 5.91 Å².